The average molecular weight is 461 g/mol. The lowest BCUT2D eigenvalue weighted by Crippen LogP contribution is -2.31. The van der Waals surface area contributed by atoms with Crippen molar-refractivity contribution in [1.82, 2.24) is 9.29 Å². The first-order chi connectivity index (χ1) is 15.2. The molecule has 0 aliphatic heterocycles. The molecule has 0 saturated heterocycles. The molecule has 0 aliphatic rings. The number of aromatic amines is 1. The van der Waals surface area contributed by atoms with Gasteiger partial charge in [0, 0.05) is 48.0 Å². The minimum absolute atomic E-state index is 0.0459. The maximum atomic E-state index is 13.1. The average Bonchev–Trinajstić information content (AvgIpc) is 3.19. The molecule has 0 fully saturated rings. The van der Waals surface area contributed by atoms with Gasteiger partial charge in [-0.1, -0.05) is 13.8 Å². The van der Waals surface area contributed by atoms with Crippen LogP contribution in [0.3, 0.4) is 0 Å². The van der Waals surface area contributed by atoms with E-state index in [0.29, 0.717) is 10.9 Å². The number of rotatable bonds is 9. The summed E-state index contributed by atoms with van der Waals surface area (Å²) in [5.41, 5.74) is 0.881. The Hall–Kier alpha value is -3.44. The molecule has 0 saturated carbocycles. The van der Waals surface area contributed by atoms with E-state index in [2.05, 4.69) is 10.3 Å². The van der Waals surface area contributed by atoms with Crippen molar-refractivity contribution in [3.63, 3.8) is 0 Å². The van der Waals surface area contributed by atoms with E-state index in [0.717, 1.165) is 0 Å². The molecule has 3 rings (SSSR count). The number of H-pyrrole nitrogens is 1. The van der Waals surface area contributed by atoms with Crippen LogP contribution in [0.2, 0.25) is 0 Å². The highest BCUT2D eigenvalue weighted by molar-refractivity contribution is 7.89. The second kappa shape index (κ2) is 9.37. The summed E-state index contributed by atoms with van der Waals surface area (Å²) in [6.07, 6.45) is 1.45. The summed E-state index contributed by atoms with van der Waals surface area (Å²) in [4.78, 5) is 26.3. The van der Waals surface area contributed by atoms with E-state index in [4.69, 9.17) is 4.74 Å². The smallest absolute Gasteiger partial charge is 0.270 e. The number of nitrogens with zero attached hydrogens (tertiary/aromatic N) is 2. The molecule has 1 amide bonds. The summed E-state index contributed by atoms with van der Waals surface area (Å²) in [6, 6.07) is 8.58. The van der Waals surface area contributed by atoms with Gasteiger partial charge < -0.3 is 15.0 Å². The van der Waals surface area contributed by atoms with Crippen molar-refractivity contribution in [2.45, 2.75) is 25.7 Å². The molecule has 1 heterocycles. The molecule has 10 nitrogen and oxygen atoms in total. The van der Waals surface area contributed by atoms with Crippen LogP contribution in [0.5, 0.6) is 5.75 Å². The summed E-state index contributed by atoms with van der Waals surface area (Å²) in [7, 11) is -3.84. The number of sulfonamides is 1. The maximum Gasteiger partial charge on any atom is 0.270 e. The fraction of sp³-hybridized carbons (Fsp3) is 0.286. The zero-order chi connectivity index (χ0) is 23.5. The van der Waals surface area contributed by atoms with Gasteiger partial charge in [-0.25, -0.2) is 8.42 Å². The highest BCUT2D eigenvalue weighted by Crippen LogP contribution is 2.31. The zero-order valence-electron chi connectivity index (χ0n) is 17.9. The van der Waals surface area contributed by atoms with E-state index in [-0.39, 0.29) is 47.3 Å². The quantitative estimate of drug-likeness (QED) is 0.369. The van der Waals surface area contributed by atoms with Gasteiger partial charge in [0.15, 0.2) is 0 Å². The van der Waals surface area contributed by atoms with Crippen molar-refractivity contribution in [2.24, 2.45) is 0 Å². The summed E-state index contributed by atoms with van der Waals surface area (Å²) < 4.78 is 33.0. The first kappa shape index (κ1) is 23.2. The number of nitro benzene ring substituents is 1. The molecule has 170 valence electrons. The third-order valence-corrected chi connectivity index (χ3v) is 7.02. The number of anilines is 1. The molecule has 0 bridgehead atoms. The molecule has 0 aliphatic carbocycles. The van der Waals surface area contributed by atoms with Gasteiger partial charge in [0.2, 0.25) is 10.0 Å². The van der Waals surface area contributed by atoms with Gasteiger partial charge in [0.05, 0.1) is 17.1 Å². The Bertz CT molecular complexity index is 1260. The van der Waals surface area contributed by atoms with Crippen LogP contribution in [0, 0.1) is 10.1 Å². The molecular formula is C21H24N4O6S. The van der Waals surface area contributed by atoms with Gasteiger partial charge in [0.25, 0.3) is 11.6 Å². The van der Waals surface area contributed by atoms with Gasteiger partial charge in [0.1, 0.15) is 10.6 Å². The van der Waals surface area contributed by atoms with Crippen LogP contribution in [0.4, 0.5) is 11.4 Å². The molecule has 1 aromatic heterocycles. The first-order valence-electron chi connectivity index (χ1n) is 10.1. The van der Waals surface area contributed by atoms with Crippen molar-refractivity contribution < 1.29 is 22.9 Å². The number of carbonyl (C=O) groups excluding carboxylic acids is 1. The summed E-state index contributed by atoms with van der Waals surface area (Å²) >= 11 is 0. The monoisotopic (exact) mass is 460 g/mol. The van der Waals surface area contributed by atoms with Crippen molar-refractivity contribution in [3.8, 4) is 5.75 Å². The summed E-state index contributed by atoms with van der Waals surface area (Å²) in [6.45, 7) is 6.08. The van der Waals surface area contributed by atoms with Crippen LogP contribution in [-0.2, 0) is 10.0 Å². The summed E-state index contributed by atoms with van der Waals surface area (Å²) in [5, 5.41) is 14.1. The van der Waals surface area contributed by atoms with Crippen LogP contribution >= 0.6 is 0 Å². The maximum absolute atomic E-state index is 13.1. The first-order valence-corrected chi connectivity index (χ1v) is 11.5. The topological polar surface area (TPSA) is 135 Å². The molecule has 32 heavy (non-hydrogen) atoms. The fourth-order valence-electron chi connectivity index (χ4n) is 3.37. The Morgan fingerprint density at radius 3 is 2.50 bits per heavy atom. The second-order valence-electron chi connectivity index (χ2n) is 6.83. The van der Waals surface area contributed by atoms with Crippen LogP contribution in [-0.4, -0.2) is 48.2 Å². The largest absolute Gasteiger partial charge is 0.492 e. The van der Waals surface area contributed by atoms with Crippen molar-refractivity contribution >= 4 is 38.2 Å². The Morgan fingerprint density at radius 1 is 1.16 bits per heavy atom. The third-order valence-electron chi connectivity index (χ3n) is 4.95. The molecule has 3 aromatic rings. The van der Waals surface area contributed by atoms with Crippen molar-refractivity contribution in [2.75, 3.05) is 25.0 Å². The molecular weight excluding hydrogens is 436 g/mol. The standard InChI is InChI=1S/C21H24N4O6S/c1-4-24(5-2)32(29,30)20-11-14(7-10-19(20)31-6-3)23-21(26)17-13-22-18-9-8-15(25(27)28)12-16(17)18/h7-13,22H,4-6H2,1-3H3,(H,23,26). The Labute approximate surface area is 185 Å². The number of fused-ring (bicyclic) bond motifs is 1. The van der Waals surface area contributed by atoms with Crippen molar-refractivity contribution in [1.29, 1.82) is 0 Å². The fourth-order valence-corrected chi connectivity index (χ4v) is 4.99. The van der Waals surface area contributed by atoms with Crippen LogP contribution < -0.4 is 10.1 Å². The number of nitro groups is 1. The van der Waals surface area contributed by atoms with Gasteiger partial charge in [-0.2, -0.15) is 4.31 Å². The number of hydrogen-bond acceptors (Lipinski definition) is 6. The molecule has 0 unspecified atom stereocenters. The van der Waals surface area contributed by atoms with Gasteiger partial charge in [-0.3, -0.25) is 14.9 Å². The van der Waals surface area contributed by atoms with Crippen molar-refractivity contribution in [3.05, 3.63) is 58.3 Å². The SMILES string of the molecule is CCOc1ccc(NC(=O)c2c[nH]c3ccc([N+](=O)[O-])cc23)cc1S(=O)(=O)N(CC)CC. The number of benzene rings is 2. The molecule has 0 radical (unpaired) electrons. The zero-order valence-corrected chi connectivity index (χ0v) is 18.7. The Kier molecular flexibility index (Phi) is 6.80. The van der Waals surface area contributed by atoms with E-state index in [1.54, 1.807) is 26.8 Å². The van der Waals surface area contributed by atoms with Gasteiger partial charge in [-0.05, 0) is 31.2 Å². The minimum atomic E-state index is -3.84. The third kappa shape index (κ3) is 4.43. The Morgan fingerprint density at radius 2 is 1.88 bits per heavy atom. The van der Waals surface area contributed by atoms with E-state index < -0.39 is 20.9 Å². The number of non-ortho nitro benzene ring substituents is 1. The number of amides is 1. The molecule has 0 spiro atoms. The number of nitrogens with one attached hydrogen (secondary N) is 2. The highest BCUT2D eigenvalue weighted by atomic mass is 32.2. The normalized spacial score (nSPS) is 11.6. The van der Waals surface area contributed by atoms with Gasteiger partial charge >= 0.3 is 0 Å². The molecule has 2 aromatic carbocycles. The Balaban J connectivity index is 1.99. The molecule has 2 N–H and O–H groups in total. The van der Waals surface area contributed by atoms with Crippen LogP contribution in [0.1, 0.15) is 31.1 Å². The van der Waals surface area contributed by atoms with E-state index in [1.807, 2.05) is 0 Å². The number of ether oxygens (including phenoxy) is 1. The van der Waals surface area contributed by atoms with E-state index in [1.165, 1.54) is 40.8 Å². The lowest BCUT2D eigenvalue weighted by atomic mass is 10.1. The van der Waals surface area contributed by atoms with E-state index >= 15 is 0 Å². The summed E-state index contributed by atoms with van der Waals surface area (Å²) in [5.74, 6) is -0.341. The lowest BCUT2D eigenvalue weighted by molar-refractivity contribution is -0.384. The van der Waals surface area contributed by atoms with Crippen LogP contribution in [0.15, 0.2) is 47.5 Å². The van der Waals surface area contributed by atoms with Crippen LogP contribution in [0.25, 0.3) is 10.9 Å². The second-order valence-corrected chi connectivity index (χ2v) is 8.73. The molecule has 0 atom stereocenters. The van der Waals surface area contributed by atoms with E-state index in [9.17, 15) is 23.3 Å². The highest BCUT2D eigenvalue weighted by Gasteiger charge is 2.26. The number of hydrogen-bond donors (Lipinski definition) is 2. The number of aromatic nitrogens is 1. The van der Waals surface area contributed by atoms with Gasteiger partial charge in [-0.15, -0.1) is 0 Å². The predicted molar refractivity (Wildman–Crippen MR) is 121 cm³/mol. The predicted octanol–water partition coefficient (Wildman–Crippen LogP) is 3.76. The minimum Gasteiger partial charge on any atom is -0.492 e. The lowest BCUT2D eigenvalue weighted by Gasteiger charge is -2.21. The number of carbonyl (C=O) groups is 1. The molecule has 11 heteroatoms.